The highest BCUT2D eigenvalue weighted by molar-refractivity contribution is 6.32. The third-order valence-electron chi connectivity index (χ3n) is 5.46. The summed E-state index contributed by atoms with van der Waals surface area (Å²) in [4.78, 5) is 20.1. The summed E-state index contributed by atoms with van der Waals surface area (Å²) in [6.07, 6.45) is 2.65. The second-order valence-electron chi connectivity index (χ2n) is 7.42. The summed E-state index contributed by atoms with van der Waals surface area (Å²) in [5, 5.41) is 11.4. The van der Waals surface area contributed by atoms with Crippen molar-refractivity contribution < 1.29 is 5.11 Å². The maximum atomic E-state index is 13.1. The van der Waals surface area contributed by atoms with Crippen molar-refractivity contribution in [2.24, 2.45) is 0 Å². The van der Waals surface area contributed by atoms with Gasteiger partial charge in [0, 0.05) is 36.2 Å². The van der Waals surface area contributed by atoms with Crippen LogP contribution in [0, 0.1) is 0 Å². The average molecular weight is 382 g/mol. The van der Waals surface area contributed by atoms with Gasteiger partial charge in [-0.15, -0.1) is 0 Å². The molecule has 2 aliphatic rings. The highest BCUT2D eigenvalue weighted by Crippen LogP contribution is 2.40. The van der Waals surface area contributed by atoms with Gasteiger partial charge in [-0.25, -0.2) is 4.98 Å². The minimum atomic E-state index is -0.357. The van der Waals surface area contributed by atoms with Crippen LogP contribution in [0.2, 0.25) is 5.02 Å². The van der Waals surface area contributed by atoms with Crippen LogP contribution >= 0.6 is 11.6 Å². The van der Waals surface area contributed by atoms with E-state index >= 15 is 0 Å². The molecule has 2 fully saturated rings. The lowest BCUT2D eigenvalue weighted by atomic mass is 10.1. The molecular weight excluding hydrogens is 362 g/mol. The Bertz CT molecular complexity index is 1090. The Hall–Kier alpha value is -2.37. The van der Waals surface area contributed by atoms with E-state index in [1.165, 1.54) is 0 Å². The third-order valence-corrected chi connectivity index (χ3v) is 5.78. The number of anilines is 1. The van der Waals surface area contributed by atoms with Crippen LogP contribution in [0.25, 0.3) is 16.7 Å². The van der Waals surface area contributed by atoms with Gasteiger partial charge in [-0.2, -0.15) is 0 Å². The second kappa shape index (κ2) is 6.36. The highest BCUT2D eigenvalue weighted by Gasteiger charge is 2.28. The second-order valence-corrected chi connectivity index (χ2v) is 7.83. The number of rotatable bonds is 3. The Morgan fingerprint density at radius 1 is 1.07 bits per heavy atom. The van der Waals surface area contributed by atoms with E-state index in [9.17, 15) is 9.90 Å². The molecule has 1 N–H and O–H groups in total. The number of hydrogen-bond acceptors (Lipinski definition) is 4. The van der Waals surface area contributed by atoms with Crippen molar-refractivity contribution in [1.29, 1.82) is 0 Å². The van der Waals surface area contributed by atoms with E-state index in [0.717, 1.165) is 36.2 Å². The normalized spacial score (nSPS) is 19.8. The number of aromatic nitrogens is 2. The largest absolute Gasteiger partial charge is 0.391 e. The molecule has 2 aromatic heterocycles. The maximum absolute atomic E-state index is 13.1. The summed E-state index contributed by atoms with van der Waals surface area (Å²) >= 11 is 6.40. The summed E-state index contributed by atoms with van der Waals surface area (Å²) in [5.74, 6) is 0.487. The number of para-hydroxylation sites is 1. The monoisotopic (exact) mass is 381 g/mol. The van der Waals surface area contributed by atoms with Crippen LogP contribution in [0.3, 0.4) is 0 Å². The molecule has 27 heavy (non-hydrogen) atoms. The van der Waals surface area contributed by atoms with E-state index in [4.69, 9.17) is 16.6 Å². The lowest BCUT2D eigenvalue weighted by Crippen LogP contribution is -2.26. The van der Waals surface area contributed by atoms with E-state index in [-0.39, 0.29) is 11.7 Å². The van der Waals surface area contributed by atoms with Gasteiger partial charge < -0.3 is 10.0 Å². The van der Waals surface area contributed by atoms with E-state index in [0.29, 0.717) is 35.2 Å². The van der Waals surface area contributed by atoms with Gasteiger partial charge in [-0.1, -0.05) is 23.7 Å². The topological polar surface area (TPSA) is 58.4 Å². The van der Waals surface area contributed by atoms with E-state index in [2.05, 4.69) is 17.0 Å². The van der Waals surface area contributed by atoms with Crippen LogP contribution < -0.4 is 10.5 Å². The summed E-state index contributed by atoms with van der Waals surface area (Å²) in [5.41, 5.74) is 2.98. The minimum Gasteiger partial charge on any atom is -0.391 e. The Kier molecular flexibility index (Phi) is 3.95. The van der Waals surface area contributed by atoms with Gasteiger partial charge in [0.05, 0.1) is 22.5 Å². The number of aliphatic hydroxyl groups is 1. The Balaban J connectivity index is 1.79. The number of halogens is 1. The average Bonchev–Trinajstić information content (AvgIpc) is 3.43. The first-order valence-corrected chi connectivity index (χ1v) is 9.74. The number of hydrogen-bond donors (Lipinski definition) is 1. The van der Waals surface area contributed by atoms with Gasteiger partial charge in [-0.05, 0) is 43.5 Å². The first-order chi connectivity index (χ1) is 13.1. The number of fused-ring (bicyclic) bond motifs is 1. The molecule has 5 rings (SSSR count). The molecule has 1 saturated heterocycles. The molecule has 0 radical (unpaired) electrons. The van der Waals surface area contributed by atoms with Crippen LogP contribution in [-0.2, 0) is 0 Å². The fourth-order valence-corrected chi connectivity index (χ4v) is 4.11. The van der Waals surface area contributed by atoms with Gasteiger partial charge >= 0.3 is 0 Å². The molecule has 0 spiro atoms. The zero-order chi connectivity index (χ0) is 18.5. The van der Waals surface area contributed by atoms with Crippen LogP contribution in [0.4, 0.5) is 5.69 Å². The van der Waals surface area contributed by atoms with Crippen molar-refractivity contribution in [3.8, 4) is 5.69 Å². The van der Waals surface area contributed by atoms with Crippen molar-refractivity contribution in [1.82, 2.24) is 9.55 Å². The van der Waals surface area contributed by atoms with Crippen molar-refractivity contribution in [3.05, 3.63) is 63.5 Å². The van der Waals surface area contributed by atoms with Crippen molar-refractivity contribution >= 4 is 28.3 Å². The molecule has 0 amide bonds. The molecule has 1 atom stereocenters. The van der Waals surface area contributed by atoms with Crippen molar-refractivity contribution in [2.75, 3.05) is 18.0 Å². The Morgan fingerprint density at radius 2 is 1.89 bits per heavy atom. The van der Waals surface area contributed by atoms with Crippen LogP contribution in [0.5, 0.6) is 0 Å². The Morgan fingerprint density at radius 3 is 2.59 bits per heavy atom. The Labute approximate surface area is 161 Å². The van der Waals surface area contributed by atoms with Gasteiger partial charge in [0.1, 0.15) is 5.65 Å². The van der Waals surface area contributed by atoms with Gasteiger partial charge in [0.2, 0.25) is 0 Å². The van der Waals surface area contributed by atoms with Gasteiger partial charge in [0.25, 0.3) is 5.56 Å². The molecule has 3 aromatic rings. The predicted molar refractivity (Wildman–Crippen MR) is 107 cm³/mol. The summed E-state index contributed by atoms with van der Waals surface area (Å²) in [6.45, 7) is 1.27. The molecule has 1 aliphatic heterocycles. The number of β-amino-alcohol motifs (C(OH)–C–C–N with tert-alkyl or cyclic N) is 1. The zero-order valence-corrected chi connectivity index (χ0v) is 15.6. The van der Waals surface area contributed by atoms with Crippen molar-refractivity contribution in [2.45, 2.75) is 31.3 Å². The molecule has 1 aliphatic carbocycles. The van der Waals surface area contributed by atoms with E-state index in [1.807, 2.05) is 18.2 Å². The highest BCUT2D eigenvalue weighted by atomic mass is 35.5. The summed E-state index contributed by atoms with van der Waals surface area (Å²) in [7, 11) is 0. The molecule has 1 saturated carbocycles. The number of benzene rings is 1. The predicted octanol–water partition coefficient (Wildman–Crippen LogP) is 3.49. The first kappa shape index (κ1) is 16.8. The maximum Gasteiger partial charge on any atom is 0.258 e. The fraction of sp³-hybridized carbons (Fsp3) is 0.333. The first-order valence-electron chi connectivity index (χ1n) is 9.36. The standard InChI is InChI=1S/C21H20ClN3O2/c22-16-3-1-2-4-18(16)25-20(27)11-19(24-10-9-14(26)12-24)15-7-8-17(13-5-6-13)23-21(15)25/h1-4,7-8,11,13-14,26H,5-6,9-10,12H2/t14-/m1/s1. The molecule has 3 heterocycles. The van der Waals surface area contributed by atoms with Crippen LogP contribution in [-0.4, -0.2) is 33.9 Å². The fourth-order valence-electron chi connectivity index (χ4n) is 3.89. The van der Waals surface area contributed by atoms with E-state index in [1.54, 1.807) is 16.7 Å². The molecule has 0 bridgehead atoms. The molecule has 5 nitrogen and oxygen atoms in total. The molecule has 1 aromatic carbocycles. The lowest BCUT2D eigenvalue weighted by molar-refractivity contribution is 0.198. The van der Waals surface area contributed by atoms with E-state index < -0.39 is 0 Å². The number of pyridine rings is 2. The minimum absolute atomic E-state index is 0.160. The molecular formula is C21H20ClN3O2. The summed E-state index contributed by atoms with van der Waals surface area (Å²) < 4.78 is 1.61. The molecule has 0 unspecified atom stereocenters. The van der Waals surface area contributed by atoms with Crippen molar-refractivity contribution in [3.63, 3.8) is 0 Å². The van der Waals surface area contributed by atoms with Gasteiger partial charge in [-0.3, -0.25) is 9.36 Å². The smallest absolute Gasteiger partial charge is 0.258 e. The van der Waals surface area contributed by atoms with Crippen LogP contribution in [0.1, 0.15) is 30.9 Å². The zero-order valence-electron chi connectivity index (χ0n) is 14.8. The number of aliphatic hydroxyl groups excluding tert-OH is 1. The molecule has 6 heteroatoms. The number of nitrogens with zero attached hydrogens (tertiary/aromatic N) is 3. The third kappa shape index (κ3) is 2.91. The summed E-state index contributed by atoms with van der Waals surface area (Å²) in [6, 6.07) is 13.1. The molecule has 138 valence electrons. The van der Waals surface area contributed by atoms with Gasteiger partial charge in [0.15, 0.2) is 0 Å². The van der Waals surface area contributed by atoms with Crippen LogP contribution in [0.15, 0.2) is 47.3 Å². The SMILES string of the molecule is O=c1cc(N2CC[C@@H](O)C2)c2ccc(C3CC3)nc2n1-c1ccccc1Cl. The quantitative estimate of drug-likeness (QED) is 0.754. The lowest BCUT2D eigenvalue weighted by Gasteiger charge is -2.22.